The lowest BCUT2D eigenvalue weighted by atomic mass is 9.98. The maximum Gasteiger partial charge on any atom is 0.343 e. The van der Waals surface area contributed by atoms with Crippen molar-refractivity contribution in [3.05, 3.63) is 46.4 Å². The van der Waals surface area contributed by atoms with Gasteiger partial charge in [0.25, 0.3) is 0 Å². The van der Waals surface area contributed by atoms with Crippen molar-refractivity contribution in [3.63, 3.8) is 0 Å². The predicted molar refractivity (Wildman–Crippen MR) is 103 cm³/mol. The summed E-state index contributed by atoms with van der Waals surface area (Å²) in [5.74, 6) is 0.435. The van der Waals surface area contributed by atoms with E-state index in [9.17, 15) is 9.59 Å². The Morgan fingerprint density at radius 1 is 1.23 bits per heavy atom. The predicted octanol–water partition coefficient (Wildman–Crippen LogP) is 2.70. The van der Waals surface area contributed by atoms with E-state index in [0.29, 0.717) is 17.5 Å². The molecule has 7 heteroatoms. The number of amides is 1. The van der Waals surface area contributed by atoms with Crippen molar-refractivity contribution in [1.82, 2.24) is 19.7 Å². The van der Waals surface area contributed by atoms with Crippen LogP contribution >= 0.6 is 11.8 Å². The second kappa shape index (κ2) is 8.58. The van der Waals surface area contributed by atoms with Crippen LogP contribution in [0, 0.1) is 0 Å². The van der Waals surface area contributed by atoms with Crippen LogP contribution in [-0.4, -0.2) is 43.4 Å². The Bertz CT molecular complexity index is 776. The Morgan fingerprint density at radius 3 is 2.62 bits per heavy atom. The summed E-state index contributed by atoms with van der Waals surface area (Å²) in [4.78, 5) is 26.7. The van der Waals surface area contributed by atoms with Crippen LogP contribution in [0.1, 0.15) is 38.7 Å². The molecule has 2 heterocycles. The number of H-pyrrole nitrogens is 1. The molecule has 1 N–H and O–H groups in total. The van der Waals surface area contributed by atoms with E-state index in [-0.39, 0.29) is 23.7 Å². The van der Waals surface area contributed by atoms with Gasteiger partial charge in [0.15, 0.2) is 5.16 Å². The monoisotopic (exact) mass is 374 g/mol. The highest BCUT2D eigenvalue weighted by atomic mass is 32.2. The quantitative estimate of drug-likeness (QED) is 0.789. The lowest BCUT2D eigenvalue weighted by Gasteiger charge is -2.39. The highest BCUT2D eigenvalue weighted by Crippen LogP contribution is 2.24. The van der Waals surface area contributed by atoms with E-state index in [4.69, 9.17) is 0 Å². The van der Waals surface area contributed by atoms with Gasteiger partial charge in [-0.2, -0.15) is 0 Å². The van der Waals surface area contributed by atoms with Crippen LogP contribution in [0.5, 0.6) is 0 Å². The van der Waals surface area contributed by atoms with Gasteiger partial charge in [-0.25, -0.2) is 9.89 Å². The maximum absolute atomic E-state index is 12.7. The van der Waals surface area contributed by atoms with Crippen LogP contribution in [0.25, 0.3) is 0 Å². The number of nitrogens with one attached hydrogen (secondary N) is 1. The van der Waals surface area contributed by atoms with E-state index < -0.39 is 0 Å². The van der Waals surface area contributed by atoms with Gasteiger partial charge in [-0.15, -0.1) is 5.10 Å². The average molecular weight is 375 g/mol. The van der Waals surface area contributed by atoms with Crippen molar-refractivity contribution >= 4 is 17.7 Å². The third-order valence-electron chi connectivity index (χ3n) is 5.00. The van der Waals surface area contributed by atoms with Crippen LogP contribution in [-0.2, 0) is 17.8 Å². The average Bonchev–Trinajstić information content (AvgIpc) is 2.98. The van der Waals surface area contributed by atoms with Gasteiger partial charge in [0.05, 0.1) is 5.75 Å². The van der Waals surface area contributed by atoms with Crippen molar-refractivity contribution in [3.8, 4) is 0 Å². The van der Waals surface area contributed by atoms with Crippen LogP contribution in [0.2, 0.25) is 0 Å². The minimum Gasteiger partial charge on any atom is -0.337 e. The number of piperidine rings is 1. The number of hydrogen-bond donors (Lipinski definition) is 1. The largest absolute Gasteiger partial charge is 0.343 e. The lowest BCUT2D eigenvalue weighted by molar-refractivity contribution is -0.134. The Balaban J connectivity index is 1.61. The van der Waals surface area contributed by atoms with E-state index in [1.54, 1.807) is 4.57 Å². The molecule has 6 nitrogen and oxygen atoms in total. The van der Waals surface area contributed by atoms with Crippen molar-refractivity contribution in [1.29, 1.82) is 0 Å². The third kappa shape index (κ3) is 4.38. The number of hydrogen-bond acceptors (Lipinski definition) is 4. The first kappa shape index (κ1) is 18.8. The first-order chi connectivity index (χ1) is 12.6. The van der Waals surface area contributed by atoms with Gasteiger partial charge < -0.3 is 4.90 Å². The molecule has 1 aromatic heterocycles. The highest BCUT2D eigenvalue weighted by molar-refractivity contribution is 7.99. The van der Waals surface area contributed by atoms with Gasteiger partial charge in [-0.3, -0.25) is 9.36 Å². The summed E-state index contributed by atoms with van der Waals surface area (Å²) in [6.45, 7) is 4.78. The second-order valence-electron chi connectivity index (χ2n) is 6.92. The molecule has 3 rings (SSSR count). The molecule has 1 amide bonds. The van der Waals surface area contributed by atoms with Crippen molar-refractivity contribution in [2.24, 2.45) is 0 Å². The van der Waals surface area contributed by atoms with Gasteiger partial charge in [0.1, 0.15) is 0 Å². The third-order valence-corrected chi connectivity index (χ3v) is 5.96. The van der Waals surface area contributed by atoms with E-state index >= 15 is 0 Å². The number of carbonyl (C=O) groups excluding carboxylic acids is 1. The van der Waals surface area contributed by atoms with Crippen molar-refractivity contribution < 1.29 is 4.79 Å². The molecule has 1 aliphatic rings. The first-order valence-corrected chi connectivity index (χ1v) is 10.2. The Labute approximate surface area is 158 Å². The second-order valence-corrected chi connectivity index (χ2v) is 7.86. The molecule has 2 aromatic rings. The molecule has 0 bridgehead atoms. The fourth-order valence-corrected chi connectivity index (χ4v) is 4.45. The molecular weight excluding hydrogens is 348 g/mol. The summed E-state index contributed by atoms with van der Waals surface area (Å²) in [7, 11) is 0. The standard InChI is InChI=1S/C19H26N4O2S/c1-14-7-6-8-15(2)23(14)17(24)13-26-19-21-20-18(25)22(19)12-11-16-9-4-3-5-10-16/h3-5,9-10,14-15H,6-8,11-13H2,1-2H3,(H,20,25)/t14-,15+. The minimum atomic E-state index is -0.226. The molecule has 0 unspecified atom stereocenters. The SMILES string of the molecule is C[C@@H]1CCC[C@H](C)N1C(=O)CSc1n[nH]c(=O)n1CCc1ccccc1. The molecule has 2 atom stereocenters. The Morgan fingerprint density at radius 2 is 1.92 bits per heavy atom. The lowest BCUT2D eigenvalue weighted by Crippen LogP contribution is -2.48. The molecule has 0 saturated carbocycles. The Kier molecular flexibility index (Phi) is 6.19. The number of likely N-dealkylation sites (tertiary alicyclic amines) is 1. The topological polar surface area (TPSA) is 71.0 Å². The van der Waals surface area contributed by atoms with Crippen molar-refractivity contribution in [2.75, 3.05) is 5.75 Å². The maximum atomic E-state index is 12.7. The summed E-state index contributed by atoms with van der Waals surface area (Å²) in [6.07, 6.45) is 4.05. The fourth-order valence-electron chi connectivity index (χ4n) is 3.61. The summed E-state index contributed by atoms with van der Waals surface area (Å²) >= 11 is 1.34. The summed E-state index contributed by atoms with van der Waals surface area (Å²) in [5.41, 5.74) is 0.944. The molecule has 0 aliphatic carbocycles. The molecule has 1 aromatic carbocycles. The zero-order chi connectivity index (χ0) is 18.5. The molecule has 140 valence electrons. The van der Waals surface area contributed by atoms with E-state index in [1.165, 1.54) is 23.7 Å². The number of nitrogens with zero attached hydrogens (tertiary/aromatic N) is 3. The molecule has 26 heavy (non-hydrogen) atoms. The highest BCUT2D eigenvalue weighted by Gasteiger charge is 2.29. The molecule has 1 saturated heterocycles. The minimum absolute atomic E-state index is 0.125. The molecule has 0 radical (unpaired) electrons. The molecule has 1 fully saturated rings. The smallest absolute Gasteiger partial charge is 0.337 e. The summed E-state index contributed by atoms with van der Waals surface area (Å²) in [5, 5.41) is 7.19. The molecule has 1 aliphatic heterocycles. The van der Waals surface area contributed by atoms with Crippen LogP contribution in [0.15, 0.2) is 40.3 Å². The van der Waals surface area contributed by atoms with Gasteiger partial charge >= 0.3 is 5.69 Å². The number of aryl methyl sites for hydroxylation is 1. The number of benzene rings is 1. The molecular formula is C19H26N4O2S. The molecule has 0 spiro atoms. The van der Waals surface area contributed by atoms with Gasteiger partial charge in [-0.1, -0.05) is 42.1 Å². The van der Waals surface area contributed by atoms with Crippen LogP contribution in [0.3, 0.4) is 0 Å². The van der Waals surface area contributed by atoms with E-state index in [1.807, 2.05) is 35.2 Å². The zero-order valence-electron chi connectivity index (χ0n) is 15.4. The fraction of sp³-hybridized carbons (Fsp3) is 0.526. The normalized spacial score (nSPS) is 20.3. The van der Waals surface area contributed by atoms with Crippen LogP contribution < -0.4 is 5.69 Å². The zero-order valence-corrected chi connectivity index (χ0v) is 16.2. The van der Waals surface area contributed by atoms with Gasteiger partial charge in [0, 0.05) is 18.6 Å². The summed E-state index contributed by atoms with van der Waals surface area (Å²) in [6, 6.07) is 10.6. The Hall–Kier alpha value is -2.02. The number of thioether (sulfide) groups is 1. The number of aromatic amines is 1. The number of rotatable bonds is 6. The van der Waals surface area contributed by atoms with Crippen LogP contribution in [0.4, 0.5) is 0 Å². The van der Waals surface area contributed by atoms with Crippen molar-refractivity contribution in [2.45, 2.75) is 63.3 Å². The van der Waals surface area contributed by atoms with E-state index in [2.05, 4.69) is 24.0 Å². The van der Waals surface area contributed by atoms with Gasteiger partial charge in [0.2, 0.25) is 5.91 Å². The first-order valence-electron chi connectivity index (χ1n) is 9.19. The summed E-state index contributed by atoms with van der Waals surface area (Å²) < 4.78 is 1.62. The van der Waals surface area contributed by atoms with E-state index in [0.717, 1.165) is 19.3 Å². The van der Waals surface area contributed by atoms with Gasteiger partial charge in [-0.05, 0) is 45.1 Å². The number of carbonyl (C=O) groups is 1. The number of aromatic nitrogens is 3.